The van der Waals surface area contributed by atoms with Crippen molar-refractivity contribution in [1.29, 1.82) is 0 Å². The first-order valence-electron chi connectivity index (χ1n) is 5.25. The normalized spacial score (nSPS) is 40.6. The molecule has 0 aromatic rings. The van der Waals surface area contributed by atoms with Crippen LogP contribution in [0.25, 0.3) is 0 Å². The Balaban J connectivity index is 1.96. The summed E-state index contributed by atoms with van der Waals surface area (Å²) in [5.41, 5.74) is 0.269. The maximum absolute atomic E-state index is 12.0. The predicted octanol–water partition coefficient (Wildman–Crippen LogP) is 1.11. The highest BCUT2D eigenvalue weighted by Crippen LogP contribution is 2.52. The van der Waals surface area contributed by atoms with Crippen LogP contribution in [0.4, 0.5) is 0 Å². The van der Waals surface area contributed by atoms with E-state index in [1.54, 1.807) is 0 Å². The van der Waals surface area contributed by atoms with E-state index in [0.717, 1.165) is 6.42 Å². The third-order valence-corrected chi connectivity index (χ3v) is 3.85. The van der Waals surface area contributed by atoms with E-state index in [-0.39, 0.29) is 23.2 Å². The number of carbonyl (C=O) groups excluding carboxylic acids is 2. The van der Waals surface area contributed by atoms with Gasteiger partial charge in [-0.2, -0.15) is 0 Å². The molecule has 0 N–H and O–H groups in total. The molecule has 0 heterocycles. The summed E-state index contributed by atoms with van der Waals surface area (Å²) in [7, 11) is 1.32. The lowest BCUT2D eigenvalue weighted by Gasteiger charge is -2.17. The number of methoxy groups -OCH3 is 1. The Labute approximate surface area is 87.8 Å². The van der Waals surface area contributed by atoms with Crippen LogP contribution in [0.15, 0.2) is 23.8 Å². The van der Waals surface area contributed by atoms with Crippen LogP contribution in [0.1, 0.15) is 6.42 Å². The standard InChI is InChI=1S/C12H12O3/c1-15-12(14)9-5-8-6-2-3-7(4-6)10(8)11(9)13/h2-3,5-8,10H,4H2,1H3. The van der Waals surface area contributed by atoms with E-state index in [4.69, 9.17) is 0 Å². The maximum Gasteiger partial charge on any atom is 0.341 e. The monoisotopic (exact) mass is 204 g/mol. The van der Waals surface area contributed by atoms with E-state index in [0.29, 0.717) is 11.8 Å². The largest absolute Gasteiger partial charge is 0.465 e. The zero-order valence-electron chi connectivity index (χ0n) is 8.47. The van der Waals surface area contributed by atoms with Gasteiger partial charge in [-0.05, 0) is 24.2 Å². The third kappa shape index (κ3) is 1.01. The average molecular weight is 204 g/mol. The van der Waals surface area contributed by atoms with E-state index in [1.807, 2.05) is 6.08 Å². The molecule has 15 heavy (non-hydrogen) atoms. The molecule has 0 aliphatic heterocycles. The van der Waals surface area contributed by atoms with Crippen molar-refractivity contribution < 1.29 is 14.3 Å². The first-order valence-corrected chi connectivity index (χ1v) is 5.25. The smallest absolute Gasteiger partial charge is 0.341 e. The van der Waals surface area contributed by atoms with Gasteiger partial charge in [0, 0.05) is 5.92 Å². The SMILES string of the molecule is COC(=O)C1=CC2C3C=CC(C3)C2C1=O. The lowest BCUT2D eigenvalue weighted by molar-refractivity contribution is -0.138. The molecule has 3 aliphatic carbocycles. The first-order chi connectivity index (χ1) is 7.22. The van der Waals surface area contributed by atoms with Crippen LogP contribution >= 0.6 is 0 Å². The second-order valence-corrected chi connectivity index (χ2v) is 4.49. The molecule has 3 nitrogen and oxygen atoms in total. The highest BCUT2D eigenvalue weighted by Gasteiger charge is 2.52. The Hall–Kier alpha value is -1.38. The van der Waals surface area contributed by atoms with Gasteiger partial charge in [-0.3, -0.25) is 4.79 Å². The molecular weight excluding hydrogens is 192 g/mol. The van der Waals surface area contributed by atoms with Gasteiger partial charge in [-0.15, -0.1) is 0 Å². The summed E-state index contributed by atoms with van der Waals surface area (Å²) in [4.78, 5) is 23.3. The second kappa shape index (κ2) is 2.81. The topological polar surface area (TPSA) is 43.4 Å². The fourth-order valence-corrected chi connectivity index (χ4v) is 3.19. The van der Waals surface area contributed by atoms with Gasteiger partial charge in [0.25, 0.3) is 0 Å². The Morgan fingerprint density at radius 1 is 1.40 bits per heavy atom. The lowest BCUT2D eigenvalue weighted by Crippen LogP contribution is -2.23. The summed E-state index contributed by atoms with van der Waals surface area (Å²) >= 11 is 0. The highest BCUT2D eigenvalue weighted by molar-refractivity contribution is 6.20. The quantitative estimate of drug-likeness (QED) is 0.365. The molecule has 4 unspecified atom stereocenters. The maximum atomic E-state index is 12.0. The van der Waals surface area contributed by atoms with Crippen molar-refractivity contribution in [2.24, 2.45) is 23.7 Å². The van der Waals surface area contributed by atoms with Crippen molar-refractivity contribution in [1.82, 2.24) is 0 Å². The van der Waals surface area contributed by atoms with Gasteiger partial charge in [-0.25, -0.2) is 4.79 Å². The molecule has 0 amide bonds. The molecule has 0 radical (unpaired) electrons. The van der Waals surface area contributed by atoms with Crippen LogP contribution in [0, 0.1) is 23.7 Å². The molecule has 4 atom stereocenters. The van der Waals surface area contributed by atoms with E-state index < -0.39 is 5.97 Å². The molecule has 0 aromatic carbocycles. The number of esters is 1. The van der Waals surface area contributed by atoms with Crippen molar-refractivity contribution in [3.63, 3.8) is 0 Å². The Bertz CT molecular complexity index is 405. The number of Topliss-reactive ketones (excluding diaryl/α,β-unsaturated/α-hetero) is 1. The van der Waals surface area contributed by atoms with E-state index in [9.17, 15) is 9.59 Å². The minimum absolute atomic E-state index is 0.0105. The fourth-order valence-electron chi connectivity index (χ4n) is 3.19. The van der Waals surface area contributed by atoms with Crippen molar-refractivity contribution in [3.05, 3.63) is 23.8 Å². The number of allylic oxidation sites excluding steroid dienone is 3. The molecule has 1 fully saturated rings. The van der Waals surface area contributed by atoms with Gasteiger partial charge in [0.2, 0.25) is 0 Å². The highest BCUT2D eigenvalue weighted by atomic mass is 16.5. The van der Waals surface area contributed by atoms with Gasteiger partial charge in [0.1, 0.15) is 0 Å². The Kier molecular flexibility index (Phi) is 1.67. The zero-order valence-corrected chi connectivity index (χ0v) is 8.47. The Morgan fingerprint density at radius 3 is 2.80 bits per heavy atom. The van der Waals surface area contributed by atoms with Crippen molar-refractivity contribution in [2.75, 3.05) is 7.11 Å². The summed E-state index contributed by atoms with van der Waals surface area (Å²) in [6.45, 7) is 0. The van der Waals surface area contributed by atoms with Crippen LogP contribution in [0.2, 0.25) is 0 Å². The predicted molar refractivity (Wildman–Crippen MR) is 52.8 cm³/mol. The molecule has 0 spiro atoms. The summed E-state index contributed by atoms with van der Waals surface area (Å²) in [6.07, 6.45) is 7.20. The number of fused-ring (bicyclic) bond motifs is 5. The van der Waals surface area contributed by atoms with Crippen molar-refractivity contribution in [3.8, 4) is 0 Å². The van der Waals surface area contributed by atoms with Crippen LogP contribution in [-0.2, 0) is 14.3 Å². The van der Waals surface area contributed by atoms with Gasteiger partial charge >= 0.3 is 5.97 Å². The summed E-state index contributed by atoms with van der Waals surface area (Å²) in [6, 6.07) is 0. The molecule has 2 bridgehead atoms. The summed E-state index contributed by atoms with van der Waals surface area (Å²) in [5.74, 6) is 0.602. The number of hydrogen-bond donors (Lipinski definition) is 0. The number of hydrogen-bond acceptors (Lipinski definition) is 3. The zero-order chi connectivity index (χ0) is 10.6. The molecule has 0 aromatic heterocycles. The second-order valence-electron chi connectivity index (χ2n) is 4.49. The number of rotatable bonds is 1. The molecule has 3 aliphatic rings. The van der Waals surface area contributed by atoms with E-state index in [1.165, 1.54) is 7.11 Å². The number of carbonyl (C=O) groups is 2. The Morgan fingerprint density at radius 2 is 2.13 bits per heavy atom. The van der Waals surface area contributed by atoms with Gasteiger partial charge < -0.3 is 4.74 Å². The lowest BCUT2D eigenvalue weighted by atomic mass is 9.85. The third-order valence-electron chi connectivity index (χ3n) is 3.85. The van der Waals surface area contributed by atoms with Crippen molar-refractivity contribution >= 4 is 11.8 Å². The molecule has 3 rings (SSSR count). The minimum atomic E-state index is -0.478. The van der Waals surface area contributed by atoms with Gasteiger partial charge in [0.15, 0.2) is 5.78 Å². The van der Waals surface area contributed by atoms with E-state index in [2.05, 4.69) is 16.9 Å². The first kappa shape index (κ1) is 8.89. The van der Waals surface area contributed by atoms with Crippen LogP contribution < -0.4 is 0 Å². The number of ketones is 1. The van der Waals surface area contributed by atoms with Crippen LogP contribution in [-0.4, -0.2) is 18.9 Å². The number of ether oxygens (including phenoxy) is 1. The molecule has 0 saturated heterocycles. The molecule has 1 saturated carbocycles. The van der Waals surface area contributed by atoms with Crippen LogP contribution in [0.3, 0.4) is 0 Å². The summed E-state index contributed by atoms with van der Waals surface area (Å²) in [5, 5.41) is 0. The molecule has 78 valence electrons. The molecular formula is C12H12O3. The average Bonchev–Trinajstić information content (AvgIpc) is 2.89. The molecule has 3 heteroatoms. The van der Waals surface area contributed by atoms with E-state index >= 15 is 0 Å². The minimum Gasteiger partial charge on any atom is -0.465 e. The van der Waals surface area contributed by atoms with Gasteiger partial charge in [-0.1, -0.05) is 18.2 Å². The van der Waals surface area contributed by atoms with Gasteiger partial charge in [0.05, 0.1) is 12.7 Å². The van der Waals surface area contributed by atoms with Crippen LogP contribution in [0.5, 0.6) is 0 Å². The summed E-state index contributed by atoms with van der Waals surface area (Å²) < 4.78 is 4.61. The van der Waals surface area contributed by atoms with Crippen molar-refractivity contribution in [2.45, 2.75) is 6.42 Å². The fraction of sp³-hybridized carbons (Fsp3) is 0.500.